The highest BCUT2D eigenvalue weighted by Gasteiger charge is 2.31. The van der Waals surface area contributed by atoms with Crippen molar-refractivity contribution in [3.8, 4) is 0 Å². The predicted molar refractivity (Wildman–Crippen MR) is 112 cm³/mol. The molecule has 160 valence electrons. The van der Waals surface area contributed by atoms with Crippen molar-refractivity contribution in [3.63, 3.8) is 0 Å². The maximum atomic E-state index is 12.8. The fraction of sp³-hybridized carbons (Fsp3) is 0.348. The molecule has 2 rings (SSSR count). The zero-order valence-electron chi connectivity index (χ0n) is 17.2. The lowest BCUT2D eigenvalue weighted by atomic mass is 9.96. The van der Waals surface area contributed by atoms with Gasteiger partial charge in [-0.2, -0.15) is 0 Å². The fourth-order valence-electron chi connectivity index (χ4n) is 2.96. The third-order valence-corrected chi connectivity index (χ3v) is 4.49. The van der Waals surface area contributed by atoms with Crippen molar-refractivity contribution in [3.05, 3.63) is 71.8 Å². The van der Waals surface area contributed by atoms with Gasteiger partial charge in [-0.25, -0.2) is 10.3 Å². The summed E-state index contributed by atoms with van der Waals surface area (Å²) in [6.07, 6.45) is 0.395. The van der Waals surface area contributed by atoms with E-state index in [1.807, 2.05) is 62.4 Å². The zero-order valence-corrected chi connectivity index (χ0v) is 17.2. The van der Waals surface area contributed by atoms with Crippen LogP contribution in [0.5, 0.6) is 0 Å². The third kappa shape index (κ3) is 7.67. The first kappa shape index (κ1) is 23.1. The molecule has 0 aliphatic carbocycles. The second-order valence-electron chi connectivity index (χ2n) is 7.51. The molecule has 2 aromatic carbocycles. The van der Waals surface area contributed by atoms with E-state index in [9.17, 15) is 19.5 Å². The van der Waals surface area contributed by atoms with Crippen LogP contribution in [0.4, 0.5) is 0 Å². The summed E-state index contributed by atoms with van der Waals surface area (Å²) < 4.78 is 0. The van der Waals surface area contributed by atoms with Gasteiger partial charge in [-0.1, -0.05) is 74.5 Å². The molecule has 7 heteroatoms. The first-order chi connectivity index (χ1) is 14.4. The summed E-state index contributed by atoms with van der Waals surface area (Å²) in [7, 11) is 0. The second-order valence-corrected chi connectivity index (χ2v) is 7.51. The van der Waals surface area contributed by atoms with Crippen molar-refractivity contribution in [1.82, 2.24) is 10.8 Å². The van der Waals surface area contributed by atoms with Crippen molar-refractivity contribution in [2.24, 2.45) is 11.8 Å². The molecule has 7 nitrogen and oxygen atoms in total. The highest BCUT2D eigenvalue weighted by Crippen LogP contribution is 2.12. The number of hydrogen-bond acceptors (Lipinski definition) is 4. The summed E-state index contributed by atoms with van der Waals surface area (Å²) in [5, 5.41) is 11.9. The van der Waals surface area contributed by atoms with Crippen LogP contribution >= 0.6 is 0 Å². The summed E-state index contributed by atoms with van der Waals surface area (Å²) >= 11 is 0. The minimum atomic E-state index is -1.13. The number of carboxylic acids is 1. The first-order valence-electron chi connectivity index (χ1n) is 9.89. The van der Waals surface area contributed by atoms with Crippen molar-refractivity contribution in [2.45, 2.75) is 39.3 Å². The molecule has 0 aromatic heterocycles. The quantitative estimate of drug-likeness (QED) is 0.389. The molecule has 0 bridgehead atoms. The Morgan fingerprint density at radius 3 is 2.00 bits per heavy atom. The summed E-state index contributed by atoms with van der Waals surface area (Å²) in [6, 6.07) is 17.3. The lowest BCUT2D eigenvalue weighted by Crippen LogP contribution is -2.48. The van der Waals surface area contributed by atoms with Crippen molar-refractivity contribution < 1.29 is 24.3 Å². The van der Waals surface area contributed by atoms with E-state index in [-0.39, 0.29) is 25.4 Å². The highest BCUT2D eigenvalue weighted by atomic mass is 16.6. The molecular weight excluding hydrogens is 384 g/mol. The number of nitrogens with one attached hydrogen (secondary N) is 2. The van der Waals surface area contributed by atoms with E-state index in [1.165, 1.54) is 0 Å². The summed E-state index contributed by atoms with van der Waals surface area (Å²) in [5.41, 5.74) is 3.98. The smallest absolute Gasteiger partial charge is 0.326 e. The van der Waals surface area contributed by atoms with Crippen LogP contribution in [0.15, 0.2) is 60.7 Å². The van der Waals surface area contributed by atoms with Gasteiger partial charge in [0, 0.05) is 0 Å². The number of carbonyl (C=O) groups is 3. The van der Waals surface area contributed by atoms with E-state index in [0.717, 1.165) is 11.1 Å². The molecule has 3 N–H and O–H groups in total. The maximum absolute atomic E-state index is 12.8. The summed E-state index contributed by atoms with van der Waals surface area (Å²) in [4.78, 5) is 42.3. The highest BCUT2D eigenvalue weighted by molar-refractivity contribution is 6.01. The minimum absolute atomic E-state index is 0.0713. The molecule has 2 amide bonds. The van der Waals surface area contributed by atoms with E-state index in [4.69, 9.17) is 4.84 Å². The maximum Gasteiger partial charge on any atom is 0.326 e. The molecule has 2 atom stereocenters. The lowest BCUT2D eigenvalue weighted by molar-refractivity contribution is -0.148. The van der Waals surface area contributed by atoms with E-state index in [0.29, 0.717) is 0 Å². The first-order valence-corrected chi connectivity index (χ1v) is 9.89. The fourth-order valence-corrected chi connectivity index (χ4v) is 2.96. The van der Waals surface area contributed by atoms with Crippen LogP contribution in [0, 0.1) is 11.8 Å². The molecule has 0 aliphatic heterocycles. The van der Waals surface area contributed by atoms with E-state index < -0.39 is 29.7 Å². The topological polar surface area (TPSA) is 105 Å². The Hall–Kier alpha value is -3.19. The number of rotatable bonds is 11. The molecule has 0 aliphatic rings. The number of carboxylic acid groups (broad SMARTS) is 1. The molecule has 1 unspecified atom stereocenters. The summed E-state index contributed by atoms with van der Waals surface area (Å²) in [6.45, 7) is 3.89. The second kappa shape index (κ2) is 11.7. The molecule has 0 heterocycles. The zero-order chi connectivity index (χ0) is 21.9. The van der Waals surface area contributed by atoms with Gasteiger partial charge in [0.15, 0.2) is 0 Å². The van der Waals surface area contributed by atoms with Crippen LogP contribution in [0.2, 0.25) is 0 Å². The Morgan fingerprint density at radius 2 is 1.47 bits per heavy atom. The van der Waals surface area contributed by atoms with Crippen LogP contribution < -0.4 is 10.8 Å². The van der Waals surface area contributed by atoms with Gasteiger partial charge >= 0.3 is 5.97 Å². The molecule has 0 radical (unpaired) electrons. The number of aliphatic carboxylic acids is 1. The van der Waals surface area contributed by atoms with Crippen molar-refractivity contribution in [2.75, 3.05) is 0 Å². The predicted octanol–water partition coefficient (Wildman–Crippen LogP) is 2.71. The van der Waals surface area contributed by atoms with Gasteiger partial charge in [0.25, 0.3) is 5.91 Å². The average Bonchev–Trinajstić information content (AvgIpc) is 2.72. The largest absolute Gasteiger partial charge is 0.480 e. The van der Waals surface area contributed by atoms with Gasteiger partial charge in [-0.05, 0) is 29.9 Å². The van der Waals surface area contributed by atoms with Gasteiger partial charge in [0.1, 0.15) is 12.0 Å². The van der Waals surface area contributed by atoms with Crippen LogP contribution in [0.3, 0.4) is 0 Å². The number of hydroxylamine groups is 1. The number of amides is 2. The Balaban J connectivity index is 2.07. The van der Waals surface area contributed by atoms with Crippen molar-refractivity contribution in [1.29, 1.82) is 0 Å². The standard InChI is InChI=1S/C23H28N2O5/c1-16(2)13-20(23(28)29)24-21(26)19(14-17-9-5-3-6-10-17)22(27)25-30-15-18-11-7-4-8-12-18/h3-12,16,19-20H,13-15H2,1-2H3,(H,24,26)(H,25,27)(H,28,29)/t19?,20-/m0/s1. The normalized spacial score (nSPS) is 12.8. The number of hydrogen-bond donors (Lipinski definition) is 3. The average molecular weight is 412 g/mol. The molecule has 0 spiro atoms. The van der Waals surface area contributed by atoms with Gasteiger partial charge in [-0.15, -0.1) is 0 Å². The Labute approximate surface area is 176 Å². The third-order valence-electron chi connectivity index (χ3n) is 4.49. The molecule has 0 saturated heterocycles. The molecule has 30 heavy (non-hydrogen) atoms. The van der Waals surface area contributed by atoms with Gasteiger partial charge in [0.05, 0.1) is 6.61 Å². The van der Waals surface area contributed by atoms with Crippen LogP contribution in [-0.2, 0) is 32.2 Å². The van der Waals surface area contributed by atoms with Gasteiger partial charge in [-0.3, -0.25) is 14.4 Å². The molecule has 2 aromatic rings. The van der Waals surface area contributed by atoms with E-state index >= 15 is 0 Å². The van der Waals surface area contributed by atoms with Crippen LogP contribution in [0.1, 0.15) is 31.4 Å². The minimum Gasteiger partial charge on any atom is -0.480 e. The van der Waals surface area contributed by atoms with E-state index in [2.05, 4.69) is 10.8 Å². The number of carbonyl (C=O) groups excluding carboxylic acids is 2. The van der Waals surface area contributed by atoms with Crippen LogP contribution in [-0.4, -0.2) is 28.9 Å². The van der Waals surface area contributed by atoms with E-state index in [1.54, 1.807) is 12.1 Å². The molecule has 0 fully saturated rings. The Morgan fingerprint density at radius 1 is 0.900 bits per heavy atom. The summed E-state index contributed by atoms with van der Waals surface area (Å²) in [5.74, 6) is -3.45. The molecule has 0 saturated carbocycles. The van der Waals surface area contributed by atoms with Gasteiger partial charge < -0.3 is 10.4 Å². The van der Waals surface area contributed by atoms with Crippen molar-refractivity contribution >= 4 is 17.8 Å². The molecular formula is C23H28N2O5. The SMILES string of the molecule is CC(C)C[C@H](NC(=O)C(Cc1ccccc1)C(=O)NOCc1ccccc1)C(=O)O. The number of benzene rings is 2. The van der Waals surface area contributed by atoms with Crippen LogP contribution in [0.25, 0.3) is 0 Å². The van der Waals surface area contributed by atoms with Gasteiger partial charge in [0.2, 0.25) is 5.91 Å². The Bertz CT molecular complexity index is 824. The lowest BCUT2D eigenvalue weighted by Gasteiger charge is -2.21. The monoisotopic (exact) mass is 412 g/mol. The Kier molecular flexibility index (Phi) is 9.03.